The van der Waals surface area contributed by atoms with Crippen molar-refractivity contribution in [1.29, 1.82) is 0 Å². The average molecular weight is 294 g/mol. The van der Waals surface area contributed by atoms with E-state index in [1.165, 1.54) is 12.1 Å². The molecule has 0 bridgehead atoms. The van der Waals surface area contributed by atoms with Gasteiger partial charge in [0.1, 0.15) is 11.6 Å². The topological polar surface area (TPSA) is 38.3 Å². The first kappa shape index (κ1) is 14.3. The number of rotatable bonds is 4. The largest absolute Gasteiger partial charge is 0.484 e. The maximum atomic E-state index is 13.5. The molecule has 0 fully saturated rings. The molecular weight excluding hydrogens is 281 g/mol. The van der Waals surface area contributed by atoms with E-state index < -0.39 is 11.7 Å². The predicted octanol–water partition coefficient (Wildman–Crippen LogP) is 3.81. The molecular formula is C15H13ClFNO2. The van der Waals surface area contributed by atoms with Crippen LogP contribution in [0.5, 0.6) is 5.75 Å². The average Bonchev–Trinajstić information content (AvgIpc) is 2.41. The minimum atomic E-state index is -0.582. The van der Waals surface area contributed by atoms with Crippen molar-refractivity contribution in [3.8, 4) is 5.75 Å². The zero-order valence-electron chi connectivity index (χ0n) is 10.8. The number of hydrogen-bond acceptors (Lipinski definition) is 2. The van der Waals surface area contributed by atoms with Crippen LogP contribution in [-0.2, 0) is 4.79 Å². The summed E-state index contributed by atoms with van der Waals surface area (Å²) in [6, 6.07) is 11.3. The standard InChI is InChI=1S/C15H13ClFNO2/c1-10-2-5-12(6-3-10)20-9-15(19)18-14-7-4-11(16)8-13(14)17/h2-8H,9H2,1H3,(H,18,19). The van der Waals surface area contributed by atoms with E-state index in [4.69, 9.17) is 16.3 Å². The maximum absolute atomic E-state index is 13.5. The molecule has 3 nitrogen and oxygen atoms in total. The van der Waals surface area contributed by atoms with Gasteiger partial charge in [0.15, 0.2) is 6.61 Å². The number of ether oxygens (including phenoxy) is 1. The lowest BCUT2D eigenvalue weighted by molar-refractivity contribution is -0.118. The summed E-state index contributed by atoms with van der Waals surface area (Å²) >= 11 is 5.63. The van der Waals surface area contributed by atoms with Crippen LogP contribution in [0.3, 0.4) is 0 Å². The number of benzene rings is 2. The van der Waals surface area contributed by atoms with Gasteiger partial charge < -0.3 is 10.1 Å². The van der Waals surface area contributed by atoms with Gasteiger partial charge in [0.25, 0.3) is 5.91 Å². The Bertz CT molecular complexity index is 614. The maximum Gasteiger partial charge on any atom is 0.262 e. The minimum Gasteiger partial charge on any atom is -0.484 e. The Labute approximate surface area is 121 Å². The van der Waals surface area contributed by atoms with Crippen molar-refractivity contribution in [3.63, 3.8) is 0 Å². The predicted molar refractivity (Wildman–Crippen MR) is 76.7 cm³/mol. The summed E-state index contributed by atoms with van der Waals surface area (Å²) < 4.78 is 18.8. The molecule has 0 saturated carbocycles. The highest BCUT2D eigenvalue weighted by Gasteiger charge is 2.08. The summed E-state index contributed by atoms with van der Waals surface area (Å²) in [7, 11) is 0. The first-order valence-corrected chi connectivity index (χ1v) is 6.37. The zero-order chi connectivity index (χ0) is 14.5. The van der Waals surface area contributed by atoms with Crippen molar-refractivity contribution in [1.82, 2.24) is 0 Å². The lowest BCUT2D eigenvalue weighted by Crippen LogP contribution is -2.20. The molecule has 1 amide bonds. The first-order chi connectivity index (χ1) is 9.54. The summed E-state index contributed by atoms with van der Waals surface area (Å²) in [5.74, 6) is -0.435. The van der Waals surface area contributed by atoms with Crippen LogP contribution in [0.1, 0.15) is 5.56 Å². The van der Waals surface area contributed by atoms with Gasteiger partial charge in [-0.2, -0.15) is 0 Å². The van der Waals surface area contributed by atoms with Gasteiger partial charge in [-0.3, -0.25) is 4.79 Å². The van der Waals surface area contributed by atoms with Crippen LogP contribution >= 0.6 is 11.6 Å². The molecule has 5 heteroatoms. The SMILES string of the molecule is Cc1ccc(OCC(=O)Nc2ccc(Cl)cc2F)cc1. The summed E-state index contributed by atoms with van der Waals surface area (Å²) in [6.07, 6.45) is 0. The fraction of sp³-hybridized carbons (Fsp3) is 0.133. The second kappa shape index (κ2) is 6.39. The van der Waals surface area contributed by atoms with E-state index in [9.17, 15) is 9.18 Å². The number of carbonyl (C=O) groups excluding carboxylic acids is 1. The third kappa shape index (κ3) is 3.96. The molecule has 2 rings (SSSR count). The van der Waals surface area contributed by atoms with Gasteiger partial charge in [0.05, 0.1) is 5.69 Å². The Hall–Kier alpha value is -2.07. The number of aryl methyl sites for hydroxylation is 1. The molecule has 0 aromatic heterocycles. The van der Waals surface area contributed by atoms with Crippen molar-refractivity contribution < 1.29 is 13.9 Å². The Morgan fingerprint density at radius 3 is 2.60 bits per heavy atom. The van der Waals surface area contributed by atoms with Crippen molar-refractivity contribution in [2.24, 2.45) is 0 Å². The Morgan fingerprint density at radius 1 is 1.25 bits per heavy atom. The van der Waals surface area contributed by atoms with Crippen LogP contribution in [0.4, 0.5) is 10.1 Å². The summed E-state index contributed by atoms with van der Waals surface area (Å²) in [4.78, 5) is 11.7. The van der Waals surface area contributed by atoms with Crippen LogP contribution in [0.15, 0.2) is 42.5 Å². The monoisotopic (exact) mass is 293 g/mol. The van der Waals surface area contributed by atoms with E-state index in [0.717, 1.165) is 11.6 Å². The van der Waals surface area contributed by atoms with E-state index in [1.807, 2.05) is 19.1 Å². The first-order valence-electron chi connectivity index (χ1n) is 5.99. The summed E-state index contributed by atoms with van der Waals surface area (Å²) in [5.41, 5.74) is 1.18. The third-order valence-corrected chi connectivity index (χ3v) is 2.83. The number of anilines is 1. The number of carbonyl (C=O) groups is 1. The molecule has 2 aromatic rings. The van der Waals surface area contributed by atoms with Crippen molar-refractivity contribution in [2.45, 2.75) is 6.92 Å². The van der Waals surface area contributed by atoms with Gasteiger partial charge in [-0.25, -0.2) is 4.39 Å². The van der Waals surface area contributed by atoms with E-state index >= 15 is 0 Å². The van der Waals surface area contributed by atoms with E-state index in [1.54, 1.807) is 12.1 Å². The normalized spacial score (nSPS) is 10.2. The minimum absolute atomic E-state index is 0.0758. The quantitative estimate of drug-likeness (QED) is 0.931. The molecule has 0 aliphatic heterocycles. The molecule has 0 unspecified atom stereocenters. The highest BCUT2D eigenvalue weighted by Crippen LogP contribution is 2.19. The van der Waals surface area contributed by atoms with Crippen LogP contribution < -0.4 is 10.1 Å². The molecule has 0 saturated heterocycles. The molecule has 0 spiro atoms. The fourth-order valence-electron chi connectivity index (χ4n) is 1.56. The Kier molecular flexibility index (Phi) is 4.58. The molecule has 0 aliphatic rings. The fourth-order valence-corrected chi connectivity index (χ4v) is 1.72. The van der Waals surface area contributed by atoms with Crippen LogP contribution in [0.25, 0.3) is 0 Å². The third-order valence-electron chi connectivity index (χ3n) is 2.60. The molecule has 0 heterocycles. The van der Waals surface area contributed by atoms with Crippen LogP contribution in [-0.4, -0.2) is 12.5 Å². The zero-order valence-corrected chi connectivity index (χ0v) is 11.6. The van der Waals surface area contributed by atoms with Crippen molar-refractivity contribution in [2.75, 3.05) is 11.9 Å². The van der Waals surface area contributed by atoms with Gasteiger partial charge in [-0.05, 0) is 37.3 Å². The molecule has 0 radical (unpaired) electrons. The van der Waals surface area contributed by atoms with E-state index in [-0.39, 0.29) is 17.3 Å². The van der Waals surface area contributed by atoms with Gasteiger partial charge in [0, 0.05) is 5.02 Å². The summed E-state index contributed by atoms with van der Waals surface area (Å²) in [6.45, 7) is 1.77. The molecule has 1 N–H and O–H groups in total. The highest BCUT2D eigenvalue weighted by atomic mass is 35.5. The molecule has 0 atom stereocenters. The summed E-state index contributed by atoms with van der Waals surface area (Å²) in [5, 5.41) is 2.70. The molecule has 0 aliphatic carbocycles. The van der Waals surface area contributed by atoms with Crippen molar-refractivity contribution in [3.05, 3.63) is 58.9 Å². The second-order valence-electron chi connectivity index (χ2n) is 4.27. The lowest BCUT2D eigenvalue weighted by atomic mass is 10.2. The number of amides is 1. The van der Waals surface area contributed by atoms with Crippen LogP contribution in [0.2, 0.25) is 5.02 Å². The van der Waals surface area contributed by atoms with E-state index in [0.29, 0.717) is 5.75 Å². The Morgan fingerprint density at radius 2 is 1.95 bits per heavy atom. The Balaban J connectivity index is 1.90. The molecule has 20 heavy (non-hydrogen) atoms. The molecule has 2 aromatic carbocycles. The second-order valence-corrected chi connectivity index (χ2v) is 4.71. The van der Waals surface area contributed by atoms with Gasteiger partial charge in [-0.15, -0.1) is 0 Å². The number of nitrogens with one attached hydrogen (secondary N) is 1. The lowest BCUT2D eigenvalue weighted by Gasteiger charge is -2.08. The smallest absolute Gasteiger partial charge is 0.262 e. The van der Waals surface area contributed by atoms with Crippen LogP contribution in [0, 0.1) is 12.7 Å². The highest BCUT2D eigenvalue weighted by molar-refractivity contribution is 6.30. The van der Waals surface area contributed by atoms with Gasteiger partial charge >= 0.3 is 0 Å². The number of halogens is 2. The van der Waals surface area contributed by atoms with Crippen molar-refractivity contribution >= 4 is 23.2 Å². The van der Waals surface area contributed by atoms with E-state index in [2.05, 4.69) is 5.32 Å². The molecule has 104 valence electrons. The van der Waals surface area contributed by atoms with Gasteiger partial charge in [-0.1, -0.05) is 29.3 Å². The number of hydrogen-bond donors (Lipinski definition) is 1. The van der Waals surface area contributed by atoms with Gasteiger partial charge in [0.2, 0.25) is 0 Å².